The van der Waals surface area contributed by atoms with Crippen LogP contribution in [0.1, 0.15) is 73.6 Å². The molecule has 0 saturated carbocycles. The highest BCUT2D eigenvalue weighted by Gasteiger charge is 2.39. The first-order valence-corrected chi connectivity index (χ1v) is 16.5. The SMILES string of the molecule is C=CC[C@@H](O)C[C@@H](CCCCO[Si](C)(C)C(C)(C)C)O[Si](C)(C)C(C)(C)C. The van der Waals surface area contributed by atoms with E-state index in [9.17, 15) is 5.11 Å². The van der Waals surface area contributed by atoms with Crippen LogP contribution in [-0.4, -0.2) is 40.6 Å². The van der Waals surface area contributed by atoms with Crippen LogP contribution in [-0.2, 0) is 8.85 Å². The molecule has 0 aliphatic carbocycles. The summed E-state index contributed by atoms with van der Waals surface area (Å²) in [6.07, 6.45) is 6.00. The second kappa shape index (κ2) is 10.7. The van der Waals surface area contributed by atoms with Crippen LogP contribution < -0.4 is 0 Å². The Labute approximate surface area is 172 Å². The van der Waals surface area contributed by atoms with Crippen LogP contribution in [0.3, 0.4) is 0 Å². The van der Waals surface area contributed by atoms with Gasteiger partial charge < -0.3 is 14.0 Å². The highest BCUT2D eigenvalue weighted by molar-refractivity contribution is 6.74. The standard InChI is InChI=1S/C22H48O3Si2/c1-12-15-19(23)18-20(25-27(10,11)22(5,6)7)16-13-14-17-24-26(8,9)21(2,3)4/h12,19-20,23H,1,13-18H2,2-11H3/t19-,20-/m1/s1. The van der Waals surface area contributed by atoms with E-state index in [1.807, 2.05) is 0 Å². The molecule has 0 aromatic carbocycles. The Morgan fingerprint density at radius 3 is 1.89 bits per heavy atom. The van der Waals surface area contributed by atoms with Crippen molar-refractivity contribution in [2.45, 2.75) is 122 Å². The maximum Gasteiger partial charge on any atom is 0.192 e. The van der Waals surface area contributed by atoms with Crippen molar-refractivity contribution < 1.29 is 14.0 Å². The lowest BCUT2D eigenvalue weighted by atomic mass is 10.0. The van der Waals surface area contributed by atoms with Crippen LogP contribution in [0.4, 0.5) is 0 Å². The number of hydrogen-bond acceptors (Lipinski definition) is 3. The summed E-state index contributed by atoms with van der Waals surface area (Å²) >= 11 is 0. The molecule has 0 bridgehead atoms. The number of hydrogen-bond donors (Lipinski definition) is 1. The monoisotopic (exact) mass is 416 g/mol. The van der Waals surface area contributed by atoms with Gasteiger partial charge in [0.2, 0.25) is 0 Å². The third-order valence-electron chi connectivity index (χ3n) is 6.43. The van der Waals surface area contributed by atoms with Crippen LogP contribution >= 0.6 is 0 Å². The van der Waals surface area contributed by atoms with Crippen molar-refractivity contribution in [1.82, 2.24) is 0 Å². The van der Waals surface area contributed by atoms with E-state index in [0.717, 1.165) is 25.9 Å². The molecule has 27 heavy (non-hydrogen) atoms. The topological polar surface area (TPSA) is 38.7 Å². The van der Waals surface area contributed by atoms with Crippen molar-refractivity contribution in [3.8, 4) is 0 Å². The van der Waals surface area contributed by atoms with E-state index in [4.69, 9.17) is 8.85 Å². The van der Waals surface area contributed by atoms with Crippen molar-refractivity contribution in [1.29, 1.82) is 0 Å². The van der Waals surface area contributed by atoms with E-state index in [1.165, 1.54) is 0 Å². The molecule has 0 aromatic heterocycles. The molecule has 0 fully saturated rings. The highest BCUT2D eigenvalue weighted by Crippen LogP contribution is 2.39. The molecular weight excluding hydrogens is 368 g/mol. The molecule has 2 atom stereocenters. The zero-order chi connectivity index (χ0) is 21.5. The largest absolute Gasteiger partial charge is 0.417 e. The van der Waals surface area contributed by atoms with Gasteiger partial charge in [0.25, 0.3) is 0 Å². The molecule has 0 amide bonds. The first-order chi connectivity index (χ1) is 12.0. The van der Waals surface area contributed by atoms with Crippen LogP contribution in [0.2, 0.25) is 36.3 Å². The summed E-state index contributed by atoms with van der Waals surface area (Å²) in [5, 5.41) is 10.7. The van der Waals surface area contributed by atoms with Gasteiger partial charge in [-0.1, -0.05) is 47.6 Å². The molecule has 0 radical (unpaired) electrons. The van der Waals surface area contributed by atoms with Crippen molar-refractivity contribution >= 4 is 16.6 Å². The van der Waals surface area contributed by atoms with E-state index in [0.29, 0.717) is 12.8 Å². The lowest BCUT2D eigenvalue weighted by Gasteiger charge is -2.40. The van der Waals surface area contributed by atoms with E-state index < -0.39 is 16.6 Å². The summed E-state index contributed by atoms with van der Waals surface area (Å²) in [6.45, 7) is 27.4. The number of aliphatic hydroxyl groups is 1. The van der Waals surface area contributed by atoms with Crippen LogP contribution in [0, 0.1) is 0 Å². The molecule has 0 heterocycles. The van der Waals surface area contributed by atoms with Gasteiger partial charge in [0, 0.05) is 12.7 Å². The minimum Gasteiger partial charge on any atom is -0.417 e. The highest BCUT2D eigenvalue weighted by atomic mass is 28.4. The van der Waals surface area contributed by atoms with E-state index in [-0.39, 0.29) is 22.3 Å². The van der Waals surface area contributed by atoms with Gasteiger partial charge in [-0.05, 0) is 68.4 Å². The van der Waals surface area contributed by atoms with Crippen molar-refractivity contribution in [3.63, 3.8) is 0 Å². The zero-order valence-electron chi connectivity index (χ0n) is 19.9. The summed E-state index contributed by atoms with van der Waals surface area (Å²) in [5.41, 5.74) is 0. The first kappa shape index (κ1) is 27.1. The third kappa shape index (κ3) is 9.88. The Morgan fingerprint density at radius 2 is 1.44 bits per heavy atom. The lowest BCUT2D eigenvalue weighted by Crippen LogP contribution is -2.44. The molecular formula is C22H48O3Si2. The van der Waals surface area contributed by atoms with E-state index in [2.05, 4.69) is 74.3 Å². The van der Waals surface area contributed by atoms with Gasteiger partial charge in [0.15, 0.2) is 16.6 Å². The minimum atomic E-state index is -1.84. The minimum absolute atomic E-state index is 0.119. The molecule has 5 heteroatoms. The van der Waals surface area contributed by atoms with E-state index in [1.54, 1.807) is 6.08 Å². The molecule has 162 valence electrons. The van der Waals surface area contributed by atoms with Gasteiger partial charge in [0.1, 0.15) is 0 Å². The molecule has 0 rings (SSSR count). The fraction of sp³-hybridized carbons (Fsp3) is 0.909. The molecule has 0 aromatic rings. The third-order valence-corrected chi connectivity index (χ3v) is 15.5. The number of unbranched alkanes of at least 4 members (excludes halogenated alkanes) is 1. The summed E-state index contributed by atoms with van der Waals surface area (Å²) < 4.78 is 12.9. The van der Waals surface area contributed by atoms with Crippen LogP contribution in [0.25, 0.3) is 0 Å². The molecule has 0 aliphatic rings. The van der Waals surface area contributed by atoms with Crippen molar-refractivity contribution in [2.24, 2.45) is 0 Å². The average Bonchev–Trinajstić information content (AvgIpc) is 2.43. The van der Waals surface area contributed by atoms with Crippen LogP contribution in [0.5, 0.6) is 0 Å². The maximum atomic E-state index is 10.3. The Balaban J connectivity index is 4.67. The van der Waals surface area contributed by atoms with Crippen molar-refractivity contribution in [2.75, 3.05) is 6.61 Å². The Bertz CT molecular complexity index is 434. The number of aliphatic hydroxyl groups excluding tert-OH is 1. The molecule has 0 unspecified atom stereocenters. The molecule has 0 spiro atoms. The molecule has 1 N–H and O–H groups in total. The predicted molar refractivity (Wildman–Crippen MR) is 125 cm³/mol. The van der Waals surface area contributed by atoms with Crippen molar-refractivity contribution in [3.05, 3.63) is 12.7 Å². The van der Waals surface area contributed by atoms with Crippen LogP contribution in [0.15, 0.2) is 12.7 Å². The quantitative estimate of drug-likeness (QED) is 0.214. The fourth-order valence-corrected chi connectivity index (χ4v) is 4.92. The normalized spacial score (nSPS) is 16.3. The van der Waals surface area contributed by atoms with Gasteiger partial charge in [-0.15, -0.1) is 6.58 Å². The smallest absolute Gasteiger partial charge is 0.192 e. The lowest BCUT2D eigenvalue weighted by molar-refractivity contribution is 0.0808. The molecule has 3 nitrogen and oxygen atoms in total. The first-order valence-electron chi connectivity index (χ1n) is 10.6. The Kier molecular flexibility index (Phi) is 10.7. The van der Waals surface area contributed by atoms with Gasteiger partial charge in [-0.3, -0.25) is 0 Å². The summed E-state index contributed by atoms with van der Waals surface area (Å²) in [7, 11) is -3.50. The summed E-state index contributed by atoms with van der Waals surface area (Å²) in [5.74, 6) is 0. The molecule has 0 aliphatic heterocycles. The van der Waals surface area contributed by atoms with Gasteiger partial charge in [0.05, 0.1) is 6.10 Å². The Morgan fingerprint density at radius 1 is 0.926 bits per heavy atom. The fourth-order valence-electron chi connectivity index (χ4n) is 2.43. The summed E-state index contributed by atoms with van der Waals surface area (Å²) in [6, 6.07) is 0. The molecule has 0 saturated heterocycles. The van der Waals surface area contributed by atoms with Gasteiger partial charge in [-0.2, -0.15) is 0 Å². The van der Waals surface area contributed by atoms with Gasteiger partial charge in [-0.25, -0.2) is 0 Å². The van der Waals surface area contributed by atoms with Gasteiger partial charge >= 0.3 is 0 Å². The predicted octanol–water partition coefficient (Wildman–Crippen LogP) is 6.90. The zero-order valence-corrected chi connectivity index (χ0v) is 21.9. The second-order valence-corrected chi connectivity index (χ2v) is 20.6. The number of rotatable bonds is 12. The second-order valence-electron chi connectivity index (χ2n) is 11.0. The van der Waals surface area contributed by atoms with E-state index >= 15 is 0 Å². The Hall–Kier alpha value is 0.0538. The average molecular weight is 417 g/mol. The maximum absolute atomic E-state index is 10.3. The summed E-state index contributed by atoms with van der Waals surface area (Å²) in [4.78, 5) is 0.